The molecule has 1 rings (SSSR count). The second-order valence-electron chi connectivity index (χ2n) is 4.87. The van der Waals surface area contributed by atoms with Gasteiger partial charge in [-0.1, -0.05) is 0 Å². The SMILES string of the molecule is CC(N)(C#N)CN1CCCC1(C)C. The van der Waals surface area contributed by atoms with Crippen LogP contribution in [0.4, 0.5) is 0 Å². The summed E-state index contributed by atoms with van der Waals surface area (Å²) in [6.07, 6.45) is 2.42. The fourth-order valence-corrected chi connectivity index (χ4v) is 1.89. The maximum absolute atomic E-state index is 8.82. The van der Waals surface area contributed by atoms with Gasteiger partial charge in [0, 0.05) is 12.1 Å². The van der Waals surface area contributed by atoms with E-state index in [1.165, 1.54) is 12.8 Å². The van der Waals surface area contributed by atoms with E-state index in [2.05, 4.69) is 24.8 Å². The first-order valence-corrected chi connectivity index (χ1v) is 4.83. The summed E-state index contributed by atoms with van der Waals surface area (Å²) in [7, 11) is 0. The zero-order valence-corrected chi connectivity index (χ0v) is 8.80. The Morgan fingerprint density at radius 2 is 2.23 bits per heavy atom. The lowest BCUT2D eigenvalue weighted by molar-refractivity contribution is 0.154. The van der Waals surface area contributed by atoms with E-state index >= 15 is 0 Å². The van der Waals surface area contributed by atoms with Gasteiger partial charge in [-0.15, -0.1) is 0 Å². The van der Waals surface area contributed by atoms with Crippen molar-refractivity contribution in [3.05, 3.63) is 0 Å². The molecule has 0 aromatic carbocycles. The van der Waals surface area contributed by atoms with Crippen LogP contribution < -0.4 is 5.73 Å². The molecule has 0 bridgehead atoms. The summed E-state index contributed by atoms with van der Waals surface area (Å²) in [5, 5.41) is 8.82. The molecule has 2 N–H and O–H groups in total. The standard InChI is InChI=1S/C10H19N3/c1-9(2)5-4-6-13(9)8-10(3,12)7-11/h4-6,8,12H2,1-3H3. The van der Waals surface area contributed by atoms with Gasteiger partial charge in [-0.2, -0.15) is 5.26 Å². The lowest BCUT2D eigenvalue weighted by Gasteiger charge is -2.35. The minimum atomic E-state index is -0.707. The van der Waals surface area contributed by atoms with Crippen molar-refractivity contribution in [2.24, 2.45) is 5.73 Å². The summed E-state index contributed by atoms with van der Waals surface area (Å²) >= 11 is 0. The number of likely N-dealkylation sites (tertiary alicyclic amines) is 1. The molecule has 3 nitrogen and oxygen atoms in total. The quantitative estimate of drug-likeness (QED) is 0.694. The Bertz CT molecular complexity index is 225. The smallest absolute Gasteiger partial charge is 0.114 e. The Hall–Kier alpha value is -0.590. The van der Waals surface area contributed by atoms with Crippen LogP contribution in [0.3, 0.4) is 0 Å². The van der Waals surface area contributed by atoms with Gasteiger partial charge in [-0.05, 0) is 40.2 Å². The van der Waals surface area contributed by atoms with Crippen LogP contribution in [-0.2, 0) is 0 Å². The molecule has 0 amide bonds. The topological polar surface area (TPSA) is 53.1 Å². The van der Waals surface area contributed by atoms with Crippen LogP contribution in [0.1, 0.15) is 33.6 Å². The fourth-order valence-electron chi connectivity index (χ4n) is 1.89. The molecule has 0 spiro atoms. The van der Waals surface area contributed by atoms with Gasteiger partial charge in [-0.3, -0.25) is 4.90 Å². The number of rotatable bonds is 2. The molecule has 1 fully saturated rings. The Morgan fingerprint density at radius 3 is 2.62 bits per heavy atom. The average Bonchev–Trinajstić information content (AvgIpc) is 2.31. The largest absolute Gasteiger partial charge is 0.313 e. The van der Waals surface area contributed by atoms with Crippen molar-refractivity contribution in [3.63, 3.8) is 0 Å². The fraction of sp³-hybridized carbons (Fsp3) is 0.900. The zero-order chi connectivity index (χ0) is 10.1. The van der Waals surface area contributed by atoms with E-state index in [0.717, 1.165) is 6.54 Å². The molecule has 1 aliphatic heterocycles. The van der Waals surface area contributed by atoms with Crippen molar-refractivity contribution < 1.29 is 0 Å². The van der Waals surface area contributed by atoms with Crippen molar-refractivity contribution in [2.45, 2.75) is 44.7 Å². The molecule has 0 aliphatic carbocycles. The van der Waals surface area contributed by atoms with Gasteiger partial charge in [0.25, 0.3) is 0 Å². The first-order chi connectivity index (χ1) is 5.87. The Morgan fingerprint density at radius 1 is 1.62 bits per heavy atom. The van der Waals surface area contributed by atoms with Crippen LogP contribution in [0, 0.1) is 11.3 Å². The summed E-state index contributed by atoms with van der Waals surface area (Å²) in [6, 6.07) is 2.14. The number of hydrogen-bond acceptors (Lipinski definition) is 3. The van der Waals surface area contributed by atoms with E-state index in [9.17, 15) is 0 Å². The average molecular weight is 181 g/mol. The molecular weight excluding hydrogens is 162 g/mol. The number of nitrogens with zero attached hydrogens (tertiary/aromatic N) is 2. The van der Waals surface area contributed by atoms with Crippen molar-refractivity contribution in [3.8, 4) is 6.07 Å². The summed E-state index contributed by atoms with van der Waals surface area (Å²) in [6.45, 7) is 7.97. The van der Waals surface area contributed by atoms with Gasteiger partial charge >= 0.3 is 0 Å². The minimum absolute atomic E-state index is 0.220. The lowest BCUT2D eigenvalue weighted by atomic mass is 9.99. The Balaban J connectivity index is 2.60. The second-order valence-corrected chi connectivity index (χ2v) is 4.87. The maximum Gasteiger partial charge on any atom is 0.114 e. The third kappa shape index (κ3) is 2.43. The molecule has 1 saturated heterocycles. The highest BCUT2D eigenvalue weighted by molar-refractivity contribution is 5.05. The zero-order valence-electron chi connectivity index (χ0n) is 8.80. The first-order valence-electron chi connectivity index (χ1n) is 4.83. The van der Waals surface area contributed by atoms with Crippen molar-refractivity contribution >= 4 is 0 Å². The van der Waals surface area contributed by atoms with Gasteiger partial charge in [0.15, 0.2) is 0 Å². The summed E-state index contributed by atoms with van der Waals surface area (Å²) in [5.74, 6) is 0. The van der Waals surface area contributed by atoms with Crippen LogP contribution >= 0.6 is 0 Å². The van der Waals surface area contributed by atoms with Crippen LogP contribution in [0.5, 0.6) is 0 Å². The number of nitriles is 1. The molecule has 0 aromatic rings. The molecule has 74 valence electrons. The summed E-state index contributed by atoms with van der Waals surface area (Å²) in [4.78, 5) is 2.32. The van der Waals surface area contributed by atoms with Gasteiger partial charge in [-0.25, -0.2) is 0 Å². The van der Waals surface area contributed by atoms with Crippen LogP contribution in [-0.4, -0.2) is 29.1 Å². The van der Waals surface area contributed by atoms with E-state index in [0.29, 0.717) is 6.54 Å². The van der Waals surface area contributed by atoms with E-state index in [-0.39, 0.29) is 5.54 Å². The Labute approximate surface area is 80.5 Å². The van der Waals surface area contributed by atoms with Crippen molar-refractivity contribution in [2.75, 3.05) is 13.1 Å². The van der Waals surface area contributed by atoms with Gasteiger partial charge in [0.05, 0.1) is 6.07 Å². The molecule has 3 heteroatoms. The Kier molecular flexibility index (Phi) is 2.65. The predicted octanol–water partition coefficient (Wildman–Crippen LogP) is 1.10. The summed E-state index contributed by atoms with van der Waals surface area (Å²) in [5.41, 5.74) is 5.33. The highest BCUT2D eigenvalue weighted by atomic mass is 15.2. The molecular formula is C10H19N3. The second kappa shape index (κ2) is 3.28. The van der Waals surface area contributed by atoms with Crippen LogP contribution in [0.2, 0.25) is 0 Å². The number of hydrogen-bond donors (Lipinski definition) is 1. The van der Waals surface area contributed by atoms with Crippen molar-refractivity contribution in [1.82, 2.24) is 4.90 Å². The van der Waals surface area contributed by atoms with E-state index in [1.54, 1.807) is 6.92 Å². The predicted molar refractivity (Wildman–Crippen MR) is 53.1 cm³/mol. The molecule has 13 heavy (non-hydrogen) atoms. The normalized spacial score (nSPS) is 26.7. The summed E-state index contributed by atoms with van der Waals surface area (Å²) < 4.78 is 0. The van der Waals surface area contributed by atoms with E-state index < -0.39 is 5.54 Å². The molecule has 1 heterocycles. The monoisotopic (exact) mass is 181 g/mol. The van der Waals surface area contributed by atoms with Gasteiger partial charge in [0.1, 0.15) is 5.54 Å². The molecule has 0 aromatic heterocycles. The van der Waals surface area contributed by atoms with Crippen LogP contribution in [0.15, 0.2) is 0 Å². The minimum Gasteiger partial charge on any atom is -0.313 e. The molecule has 1 unspecified atom stereocenters. The molecule has 0 saturated carbocycles. The van der Waals surface area contributed by atoms with E-state index in [1.807, 2.05) is 0 Å². The molecule has 1 atom stereocenters. The highest BCUT2D eigenvalue weighted by Crippen LogP contribution is 2.28. The lowest BCUT2D eigenvalue weighted by Crippen LogP contribution is -2.51. The highest BCUT2D eigenvalue weighted by Gasteiger charge is 2.35. The van der Waals surface area contributed by atoms with E-state index in [4.69, 9.17) is 11.0 Å². The maximum atomic E-state index is 8.82. The van der Waals surface area contributed by atoms with Gasteiger partial charge < -0.3 is 5.73 Å². The van der Waals surface area contributed by atoms with Crippen LogP contribution in [0.25, 0.3) is 0 Å². The third-order valence-corrected chi connectivity index (χ3v) is 2.85. The molecule has 1 aliphatic rings. The number of nitrogens with two attached hydrogens (primary N) is 1. The third-order valence-electron chi connectivity index (χ3n) is 2.85. The van der Waals surface area contributed by atoms with Crippen molar-refractivity contribution in [1.29, 1.82) is 5.26 Å². The van der Waals surface area contributed by atoms with Gasteiger partial charge in [0.2, 0.25) is 0 Å². The first kappa shape index (κ1) is 10.5. The molecule has 0 radical (unpaired) electrons.